The normalized spacial score (nSPS) is 11.0. The Morgan fingerprint density at radius 3 is 2.59 bits per heavy atom. The van der Waals surface area contributed by atoms with Gasteiger partial charge in [-0.1, -0.05) is 42.5 Å². The van der Waals surface area contributed by atoms with E-state index < -0.39 is 0 Å². The molecule has 0 unspecified atom stereocenters. The van der Waals surface area contributed by atoms with Gasteiger partial charge in [-0.25, -0.2) is 9.97 Å². The third-order valence-corrected chi connectivity index (χ3v) is 5.65. The lowest BCUT2D eigenvalue weighted by Crippen LogP contribution is -2.20. The van der Waals surface area contributed by atoms with E-state index in [9.17, 15) is 9.59 Å². The van der Waals surface area contributed by atoms with Gasteiger partial charge in [-0.3, -0.25) is 9.59 Å². The first-order chi connectivity index (χ1) is 15.6. The summed E-state index contributed by atoms with van der Waals surface area (Å²) in [6, 6.07) is 20.0. The Morgan fingerprint density at radius 2 is 1.78 bits per heavy atom. The van der Waals surface area contributed by atoms with Crippen molar-refractivity contribution < 1.29 is 9.21 Å². The van der Waals surface area contributed by atoms with E-state index in [2.05, 4.69) is 25.9 Å². The number of ketones is 1. The summed E-state index contributed by atoms with van der Waals surface area (Å²) < 4.78 is 8.01. The Morgan fingerprint density at radius 1 is 0.969 bits per heavy atom. The number of pyridine rings is 2. The van der Waals surface area contributed by atoms with Gasteiger partial charge in [-0.2, -0.15) is 0 Å². The summed E-state index contributed by atoms with van der Waals surface area (Å²) >= 11 is 3.39. The fourth-order valence-electron chi connectivity index (χ4n) is 3.74. The second kappa shape index (κ2) is 8.36. The summed E-state index contributed by atoms with van der Waals surface area (Å²) in [5, 5.41) is 0.477. The molecule has 6 nitrogen and oxygen atoms in total. The number of nitrogens with zero attached hydrogens (tertiary/aromatic N) is 3. The predicted octanol–water partition coefficient (Wildman–Crippen LogP) is 5.09. The van der Waals surface area contributed by atoms with Crippen LogP contribution in [0.3, 0.4) is 0 Å². The van der Waals surface area contributed by atoms with Crippen LogP contribution < -0.4 is 5.43 Å². The zero-order chi connectivity index (χ0) is 22.1. The molecule has 0 aliphatic carbocycles. The maximum absolute atomic E-state index is 13.6. The van der Waals surface area contributed by atoms with Crippen molar-refractivity contribution in [3.05, 3.63) is 117 Å². The van der Waals surface area contributed by atoms with E-state index in [-0.39, 0.29) is 16.8 Å². The molecule has 7 heteroatoms. The maximum atomic E-state index is 13.6. The van der Waals surface area contributed by atoms with Gasteiger partial charge in [0, 0.05) is 22.7 Å². The number of fused-ring (bicyclic) bond motifs is 1. The molecule has 3 heterocycles. The van der Waals surface area contributed by atoms with Gasteiger partial charge in [0.25, 0.3) is 0 Å². The van der Waals surface area contributed by atoms with Gasteiger partial charge >= 0.3 is 0 Å². The predicted molar refractivity (Wildman–Crippen MR) is 125 cm³/mol. The van der Waals surface area contributed by atoms with Crippen LogP contribution in [-0.4, -0.2) is 20.3 Å². The van der Waals surface area contributed by atoms with Crippen molar-refractivity contribution in [2.24, 2.45) is 0 Å². The first-order valence-electron chi connectivity index (χ1n) is 9.88. The minimum Gasteiger partial charge on any atom is -0.443 e. The third kappa shape index (κ3) is 3.67. The molecule has 0 radical (unpaired) electrons. The fourth-order valence-corrected chi connectivity index (χ4v) is 4.12. The topological polar surface area (TPSA) is 78.0 Å². The highest BCUT2D eigenvalue weighted by Crippen LogP contribution is 2.25. The van der Waals surface area contributed by atoms with Crippen molar-refractivity contribution in [2.45, 2.75) is 6.54 Å². The van der Waals surface area contributed by atoms with Crippen LogP contribution in [0, 0.1) is 0 Å². The smallest absolute Gasteiger partial charge is 0.200 e. The van der Waals surface area contributed by atoms with Crippen LogP contribution in [0.5, 0.6) is 0 Å². The Balaban J connectivity index is 1.68. The van der Waals surface area contributed by atoms with Gasteiger partial charge in [0.05, 0.1) is 29.5 Å². The Bertz CT molecular complexity index is 1510. The van der Waals surface area contributed by atoms with Crippen molar-refractivity contribution in [3.8, 4) is 11.3 Å². The first kappa shape index (κ1) is 20.1. The van der Waals surface area contributed by atoms with Crippen molar-refractivity contribution in [1.82, 2.24) is 14.5 Å². The van der Waals surface area contributed by atoms with Gasteiger partial charge in [0.15, 0.2) is 17.9 Å². The van der Waals surface area contributed by atoms with E-state index in [0.717, 1.165) is 15.8 Å². The molecule has 2 aromatic carbocycles. The zero-order valence-corrected chi connectivity index (χ0v) is 18.3. The van der Waals surface area contributed by atoms with Crippen LogP contribution in [0.2, 0.25) is 0 Å². The number of rotatable bonds is 5. The van der Waals surface area contributed by atoms with E-state index in [1.54, 1.807) is 42.7 Å². The maximum Gasteiger partial charge on any atom is 0.200 e. The SMILES string of the molecule is O=C(c1ccccc1-c1cnco1)c1cn(Cc2cccc(Br)n2)c2ccccc2c1=O. The minimum absolute atomic E-state index is 0.0886. The quantitative estimate of drug-likeness (QED) is 0.255. The number of carbonyl (C=O) groups excluding carboxylic acids is 1. The number of oxazole rings is 1. The molecule has 3 aromatic heterocycles. The number of para-hydroxylation sites is 1. The van der Waals surface area contributed by atoms with Crippen LogP contribution in [0.4, 0.5) is 0 Å². The van der Waals surface area contributed by atoms with Crippen LogP contribution in [0.15, 0.2) is 99.3 Å². The molecule has 0 fully saturated rings. The molecule has 0 saturated carbocycles. The molecule has 0 amide bonds. The van der Waals surface area contributed by atoms with Gasteiger partial charge < -0.3 is 8.98 Å². The molecule has 0 aliphatic rings. The first-order valence-corrected chi connectivity index (χ1v) is 10.7. The van der Waals surface area contributed by atoms with E-state index >= 15 is 0 Å². The molecular formula is C25H16BrN3O3. The molecule has 156 valence electrons. The Labute approximate surface area is 191 Å². The lowest BCUT2D eigenvalue weighted by molar-refractivity contribution is 0.103. The summed E-state index contributed by atoms with van der Waals surface area (Å²) in [5.41, 5.74) is 2.28. The van der Waals surface area contributed by atoms with Crippen LogP contribution >= 0.6 is 15.9 Å². The number of aromatic nitrogens is 3. The second-order valence-electron chi connectivity index (χ2n) is 7.21. The molecular weight excluding hydrogens is 470 g/mol. The second-order valence-corrected chi connectivity index (χ2v) is 8.02. The molecule has 0 bridgehead atoms. The Hall–Kier alpha value is -3.84. The van der Waals surface area contributed by atoms with E-state index in [1.807, 2.05) is 41.0 Å². The monoisotopic (exact) mass is 485 g/mol. The summed E-state index contributed by atoms with van der Waals surface area (Å²) in [5.74, 6) is 0.0945. The molecule has 32 heavy (non-hydrogen) atoms. The lowest BCUT2D eigenvalue weighted by Gasteiger charge is -2.14. The van der Waals surface area contributed by atoms with Crippen molar-refractivity contribution in [1.29, 1.82) is 0 Å². The molecule has 5 rings (SSSR count). The standard InChI is InChI=1S/C25H16BrN3O3/c26-23-11-5-6-16(28-23)13-29-14-20(25(31)19-9-3-4-10-21(19)29)24(30)18-8-2-1-7-17(18)22-12-27-15-32-22/h1-12,14-15H,13H2. The summed E-state index contributed by atoms with van der Waals surface area (Å²) in [6.45, 7) is 0.407. The van der Waals surface area contributed by atoms with Crippen LogP contribution in [-0.2, 0) is 6.54 Å². The van der Waals surface area contributed by atoms with Crippen LogP contribution in [0.1, 0.15) is 21.6 Å². The van der Waals surface area contributed by atoms with Crippen molar-refractivity contribution in [2.75, 3.05) is 0 Å². The molecule has 0 saturated heterocycles. The molecule has 0 atom stereocenters. The lowest BCUT2D eigenvalue weighted by atomic mass is 9.97. The van der Waals surface area contributed by atoms with Gasteiger partial charge in [-0.15, -0.1) is 0 Å². The van der Waals surface area contributed by atoms with Gasteiger partial charge in [0.2, 0.25) is 5.43 Å². The number of halogens is 1. The van der Waals surface area contributed by atoms with Crippen molar-refractivity contribution in [3.63, 3.8) is 0 Å². The molecule has 0 N–H and O–H groups in total. The number of hydrogen-bond acceptors (Lipinski definition) is 5. The van der Waals surface area contributed by atoms with Crippen molar-refractivity contribution >= 4 is 32.6 Å². The number of carbonyl (C=O) groups is 1. The molecule has 0 spiro atoms. The largest absolute Gasteiger partial charge is 0.443 e. The molecule has 0 aliphatic heterocycles. The summed E-state index contributed by atoms with van der Waals surface area (Å²) in [6.07, 6.45) is 4.47. The third-order valence-electron chi connectivity index (χ3n) is 5.21. The van der Waals surface area contributed by atoms with Gasteiger partial charge in [0.1, 0.15) is 4.60 Å². The average Bonchev–Trinajstić information content (AvgIpc) is 3.35. The highest BCUT2D eigenvalue weighted by Gasteiger charge is 2.21. The number of benzene rings is 2. The summed E-state index contributed by atoms with van der Waals surface area (Å²) in [4.78, 5) is 35.3. The highest BCUT2D eigenvalue weighted by atomic mass is 79.9. The average molecular weight is 486 g/mol. The zero-order valence-electron chi connectivity index (χ0n) is 16.7. The summed E-state index contributed by atoms with van der Waals surface area (Å²) in [7, 11) is 0. The van der Waals surface area contributed by atoms with E-state index in [0.29, 0.717) is 28.8 Å². The van der Waals surface area contributed by atoms with Crippen LogP contribution in [0.25, 0.3) is 22.2 Å². The fraction of sp³-hybridized carbons (Fsp3) is 0.0400. The van der Waals surface area contributed by atoms with E-state index in [4.69, 9.17) is 4.42 Å². The van der Waals surface area contributed by atoms with E-state index in [1.165, 1.54) is 6.39 Å². The molecule has 5 aromatic rings. The van der Waals surface area contributed by atoms with Gasteiger partial charge in [-0.05, 0) is 40.2 Å². The minimum atomic E-state index is -0.372. The number of hydrogen-bond donors (Lipinski definition) is 0. The Kier molecular flexibility index (Phi) is 5.25. The highest BCUT2D eigenvalue weighted by molar-refractivity contribution is 9.10.